The molecule has 2 rings (SSSR count). The number of rotatable bonds is 3. The summed E-state index contributed by atoms with van der Waals surface area (Å²) in [5.41, 5.74) is 1.39. The second kappa shape index (κ2) is 4.51. The van der Waals surface area contributed by atoms with Crippen molar-refractivity contribution in [2.45, 2.75) is 13.2 Å². The molecule has 84 valence electrons. The lowest BCUT2D eigenvalue weighted by Gasteiger charge is -2.05. The number of aliphatic hydroxyl groups excluding tert-OH is 1. The Morgan fingerprint density at radius 2 is 2.38 bits per heavy atom. The van der Waals surface area contributed by atoms with Crippen molar-refractivity contribution in [2.75, 3.05) is 5.32 Å². The summed E-state index contributed by atoms with van der Waals surface area (Å²) >= 11 is 5.91. The van der Waals surface area contributed by atoms with Crippen molar-refractivity contribution in [3.8, 4) is 5.69 Å². The number of aliphatic hydroxyl groups is 1. The van der Waals surface area contributed by atoms with Gasteiger partial charge in [0, 0.05) is 6.20 Å². The van der Waals surface area contributed by atoms with Crippen molar-refractivity contribution < 1.29 is 5.11 Å². The molecule has 2 N–H and O–H groups in total. The fraction of sp³-hybridized carbons (Fsp3) is 0.200. The SMILES string of the molecule is CC(O)Nc1cn(-c2cccnc2)nc1Cl. The third-order valence-corrected chi connectivity index (χ3v) is 2.22. The molecule has 0 saturated carbocycles. The van der Waals surface area contributed by atoms with Crippen LogP contribution in [0, 0.1) is 0 Å². The molecule has 5 nitrogen and oxygen atoms in total. The van der Waals surface area contributed by atoms with Crippen LogP contribution in [0.4, 0.5) is 5.69 Å². The van der Waals surface area contributed by atoms with E-state index < -0.39 is 6.23 Å². The summed E-state index contributed by atoms with van der Waals surface area (Å²) in [5, 5.41) is 16.4. The first-order valence-corrected chi connectivity index (χ1v) is 5.15. The highest BCUT2D eigenvalue weighted by Crippen LogP contribution is 2.21. The van der Waals surface area contributed by atoms with Crippen molar-refractivity contribution >= 4 is 17.3 Å². The van der Waals surface area contributed by atoms with Crippen LogP contribution in [0.3, 0.4) is 0 Å². The van der Waals surface area contributed by atoms with Gasteiger partial charge in [-0.15, -0.1) is 0 Å². The van der Waals surface area contributed by atoms with Crippen molar-refractivity contribution in [3.63, 3.8) is 0 Å². The Kier molecular flexibility index (Phi) is 3.07. The van der Waals surface area contributed by atoms with Crippen LogP contribution in [0.15, 0.2) is 30.7 Å². The third kappa shape index (κ3) is 2.32. The first-order chi connectivity index (χ1) is 7.66. The number of halogens is 1. The van der Waals surface area contributed by atoms with Gasteiger partial charge in [-0.2, -0.15) is 5.10 Å². The fourth-order valence-electron chi connectivity index (χ4n) is 1.30. The number of hydrogen-bond acceptors (Lipinski definition) is 4. The van der Waals surface area contributed by atoms with Crippen LogP contribution in [0.1, 0.15) is 6.92 Å². The molecular formula is C10H11ClN4O. The molecule has 0 spiro atoms. The van der Waals surface area contributed by atoms with Crippen molar-refractivity contribution in [1.29, 1.82) is 0 Å². The Hall–Kier alpha value is -1.59. The van der Waals surface area contributed by atoms with E-state index in [1.54, 1.807) is 30.2 Å². The van der Waals surface area contributed by atoms with Crippen molar-refractivity contribution in [1.82, 2.24) is 14.8 Å². The van der Waals surface area contributed by atoms with Gasteiger partial charge >= 0.3 is 0 Å². The summed E-state index contributed by atoms with van der Waals surface area (Å²) < 4.78 is 1.60. The van der Waals surface area contributed by atoms with Gasteiger partial charge in [0.1, 0.15) is 6.23 Å². The molecule has 0 aliphatic carbocycles. The van der Waals surface area contributed by atoms with Crippen LogP contribution in [0.25, 0.3) is 5.69 Å². The highest BCUT2D eigenvalue weighted by molar-refractivity contribution is 6.32. The molecule has 2 heterocycles. The Morgan fingerprint density at radius 3 is 3.00 bits per heavy atom. The molecule has 0 fully saturated rings. The van der Waals surface area contributed by atoms with Crippen molar-refractivity contribution in [2.24, 2.45) is 0 Å². The lowest BCUT2D eigenvalue weighted by atomic mass is 10.4. The molecule has 0 saturated heterocycles. The number of anilines is 1. The minimum atomic E-state index is -0.677. The van der Waals surface area contributed by atoms with Gasteiger partial charge in [-0.25, -0.2) is 4.68 Å². The van der Waals surface area contributed by atoms with Crippen LogP contribution in [-0.4, -0.2) is 26.1 Å². The van der Waals surface area contributed by atoms with Gasteiger partial charge in [-0.3, -0.25) is 4.98 Å². The van der Waals surface area contributed by atoms with Crippen molar-refractivity contribution in [3.05, 3.63) is 35.9 Å². The molecule has 2 aromatic heterocycles. The molecule has 6 heteroatoms. The first-order valence-electron chi connectivity index (χ1n) is 4.77. The van der Waals surface area contributed by atoms with Gasteiger partial charge < -0.3 is 10.4 Å². The van der Waals surface area contributed by atoms with E-state index in [1.165, 1.54) is 0 Å². The third-order valence-electron chi connectivity index (χ3n) is 1.94. The molecule has 0 bridgehead atoms. The molecule has 1 unspecified atom stereocenters. The average molecular weight is 239 g/mol. The van der Waals surface area contributed by atoms with Crippen LogP contribution in [-0.2, 0) is 0 Å². The minimum Gasteiger partial charge on any atom is -0.374 e. The topological polar surface area (TPSA) is 63.0 Å². The predicted octanol–water partition coefficient (Wildman–Crippen LogP) is 1.67. The van der Waals surface area contributed by atoms with Gasteiger partial charge in [0.15, 0.2) is 5.15 Å². The van der Waals surface area contributed by atoms with Gasteiger partial charge in [-0.05, 0) is 19.1 Å². The zero-order chi connectivity index (χ0) is 11.5. The second-order valence-corrected chi connectivity index (χ2v) is 3.67. The number of nitrogens with zero attached hydrogens (tertiary/aromatic N) is 3. The number of hydrogen-bond donors (Lipinski definition) is 2. The van der Waals surface area contributed by atoms with Crippen LogP contribution < -0.4 is 5.32 Å². The quantitative estimate of drug-likeness (QED) is 0.799. The molecule has 2 aromatic rings. The van der Waals surface area contributed by atoms with E-state index in [9.17, 15) is 5.11 Å². The van der Waals surface area contributed by atoms with Gasteiger partial charge in [0.05, 0.1) is 23.8 Å². The maximum absolute atomic E-state index is 9.19. The number of aromatic nitrogens is 3. The maximum Gasteiger partial charge on any atom is 0.174 e. The van der Waals surface area contributed by atoms with E-state index in [0.29, 0.717) is 10.8 Å². The van der Waals surface area contributed by atoms with Crippen LogP contribution in [0.5, 0.6) is 0 Å². The van der Waals surface area contributed by atoms with Gasteiger partial charge in [-0.1, -0.05) is 11.6 Å². The minimum absolute atomic E-state index is 0.310. The summed E-state index contributed by atoms with van der Waals surface area (Å²) in [7, 11) is 0. The van der Waals surface area contributed by atoms with Gasteiger partial charge in [0.25, 0.3) is 0 Å². The highest BCUT2D eigenvalue weighted by atomic mass is 35.5. The average Bonchev–Trinajstić information content (AvgIpc) is 2.61. The lowest BCUT2D eigenvalue weighted by molar-refractivity contribution is 0.224. The van der Waals surface area contributed by atoms with Gasteiger partial charge in [0.2, 0.25) is 0 Å². The molecule has 0 aromatic carbocycles. The molecule has 0 amide bonds. The van der Waals surface area contributed by atoms with E-state index in [0.717, 1.165) is 5.69 Å². The fourth-order valence-corrected chi connectivity index (χ4v) is 1.48. The molecule has 16 heavy (non-hydrogen) atoms. The molecule has 0 aliphatic heterocycles. The summed E-state index contributed by atoms with van der Waals surface area (Å²) in [4.78, 5) is 3.99. The Balaban J connectivity index is 2.31. The molecule has 0 aliphatic rings. The second-order valence-electron chi connectivity index (χ2n) is 3.31. The van der Waals surface area contributed by atoms with Crippen LogP contribution >= 0.6 is 11.6 Å². The standard InChI is InChI=1S/C10H11ClN4O/c1-7(16)13-9-6-15(14-10(9)11)8-3-2-4-12-5-8/h2-7,13,16H,1H3. The Bertz CT molecular complexity index is 469. The lowest BCUT2D eigenvalue weighted by Crippen LogP contribution is -2.12. The zero-order valence-corrected chi connectivity index (χ0v) is 9.39. The Labute approximate surface area is 97.7 Å². The highest BCUT2D eigenvalue weighted by Gasteiger charge is 2.08. The molecular weight excluding hydrogens is 228 g/mol. The van der Waals surface area contributed by atoms with E-state index in [1.807, 2.05) is 12.1 Å². The van der Waals surface area contributed by atoms with E-state index >= 15 is 0 Å². The summed E-state index contributed by atoms with van der Waals surface area (Å²) in [5.74, 6) is 0. The largest absolute Gasteiger partial charge is 0.374 e. The monoisotopic (exact) mass is 238 g/mol. The number of nitrogens with one attached hydrogen (secondary N) is 1. The molecule has 0 radical (unpaired) electrons. The Morgan fingerprint density at radius 1 is 1.56 bits per heavy atom. The van der Waals surface area contributed by atoms with E-state index in [-0.39, 0.29) is 0 Å². The normalized spacial score (nSPS) is 12.4. The predicted molar refractivity (Wildman–Crippen MR) is 61.7 cm³/mol. The summed E-state index contributed by atoms with van der Waals surface area (Å²) in [6, 6.07) is 3.68. The zero-order valence-electron chi connectivity index (χ0n) is 8.63. The van der Waals surface area contributed by atoms with E-state index in [4.69, 9.17) is 11.6 Å². The smallest absolute Gasteiger partial charge is 0.174 e. The first kappa shape index (κ1) is 10.9. The van der Waals surface area contributed by atoms with Crippen LogP contribution in [0.2, 0.25) is 5.15 Å². The summed E-state index contributed by atoms with van der Waals surface area (Å²) in [6.45, 7) is 1.61. The summed E-state index contributed by atoms with van der Waals surface area (Å²) in [6.07, 6.45) is 4.38. The maximum atomic E-state index is 9.19. The van der Waals surface area contributed by atoms with E-state index in [2.05, 4.69) is 15.4 Å². The molecule has 1 atom stereocenters. The number of pyridine rings is 1.